The van der Waals surface area contributed by atoms with E-state index in [0.717, 1.165) is 11.3 Å². The molecule has 0 radical (unpaired) electrons. The predicted molar refractivity (Wildman–Crippen MR) is 102 cm³/mol. The lowest BCUT2D eigenvalue weighted by Crippen LogP contribution is -2.31. The lowest BCUT2D eigenvalue weighted by atomic mass is 10.2. The van der Waals surface area contributed by atoms with E-state index < -0.39 is 0 Å². The van der Waals surface area contributed by atoms with Crippen LogP contribution in [0, 0.1) is 0 Å². The topological polar surface area (TPSA) is 90.3 Å². The molecule has 0 aliphatic carbocycles. The van der Waals surface area contributed by atoms with Gasteiger partial charge in [0, 0.05) is 54.6 Å². The van der Waals surface area contributed by atoms with Crippen LogP contribution in [-0.2, 0) is 6.54 Å². The largest absolute Gasteiger partial charge is 0.497 e. The molecule has 2 aromatic heterocycles. The molecule has 1 aromatic carbocycles. The molecule has 0 unspecified atom stereocenters. The van der Waals surface area contributed by atoms with Gasteiger partial charge in [0.1, 0.15) is 11.5 Å². The maximum absolute atomic E-state index is 12.1. The van der Waals surface area contributed by atoms with Crippen LogP contribution in [0.2, 0.25) is 0 Å². The van der Waals surface area contributed by atoms with Crippen molar-refractivity contribution < 1.29 is 14.3 Å². The minimum absolute atomic E-state index is 0.313. The van der Waals surface area contributed by atoms with Gasteiger partial charge >= 0.3 is 6.03 Å². The Kier molecular flexibility index (Phi) is 5.88. The number of nitrogens with zero attached hydrogens (tertiary/aromatic N) is 3. The standard InChI is InChI=1S/C19H21N5O3/c1-26-16-11-15(12-17(13-16)27-2)22-19(25)21-8-10-24-9-5-18(23-24)14-3-6-20-7-4-14/h3-7,9,11-13H,8,10H2,1-2H3,(H2,21,22,25). The van der Waals surface area contributed by atoms with E-state index >= 15 is 0 Å². The lowest BCUT2D eigenvalue weighted by molar-refractivity contribution is 0.251. The summed E-state index contributed by atoms with van der Waals surface area (Å²) in [6, 6.07) is 10.6. The number of carbonyl (C=O) groups excluding carboxylic acids is 1. The van der Waals surface area contributed by atoms with Gasteiger partial charge in [-0.15, -0.1) is 0 Å². The van der Waals surface area contributed by atoms with Gasteiger partial charge < -0.3 is 20.1 Å². The smallest absolute Gasteiger partial charge is 0.319 e. The summed E-state index contributed by atoms with van der Waals surface area (Å²) >= 11 is 0. The van der Waals surface area contributed by atoms with E-state index in [9.17, 15) is 4.79 Å². The maximum atomic E-state index is 12.1. The number of rotatable bonds is 7. The normalized spacial score (nSPS) is 10.3. The Bertz CT molecular complexity index is 873. The Hall–Kier alpha value is -3.55. The van der Waals surface area contributed by atoms with Crippen molar-refractivity contribution in [1.29, 1.82) is 0 Å². The maximum Gasteiger partial charge on any atom is 0.319 e. The fraction of sp³-hybridized carbons (Fsp3) is 0.211. The van der Waals surface area contributed by atoms with Gasteiger partial charge in [-0.3, -0.25) is 9.67 Å². The molecule has 0 atom stereocenters. The zero-order valence-electron chi connectivity index (χ0n) is 15.2. The predicted octanol–water partition coefficient (Wildman–Crippen LogP) is 2.78. The highest BCUT2D eigenvalue weighted by molar-refractivity contribution is 5.89. The fourth-order valence-corrected chi connectivity index (χ4v) is 2.50. The van der Waals surface area contributed by atoms with E-state index in [-0.39, 0.29) is 6.03 Å². The molecule has 2 amide bonds. The van der Waals surface area contributed by atoms with Crippen molar-refractivity contribution in [2.24, 2.45) is 0 Å². The van der Waals surface area contributed by atoms with Crippen LogP contribution < -0.4 is 20.1 Å². The van der Waals surface area contributed by atoms with Crippen molar-refractivity contribution in [2.75, 3.05) is 26.1 Å². The molecular formula is C19H21N5O3. The molecule has 0 bridgehead atoms. The first kappa shape index (κ1) is 18.2. The molecule has 3 rings (SSSR count). The Balaban J connectivity index is 1.51. The van der Waals surface area contributed by atoms with Crippen LogP contribution in [0.25, 0.3) is 11.3 Å². The second-order valence-corrected chi connectivity index (χ2v) is 5.68. The average molecular weight is 367 g/mol. The number of ether oxygens (including phenoxy) is 2. The molecule has 0 spiro atoms. The highest BCUT2D eigenvalue weighted by atomic mass is 16.5. The number of aromatic nitrogens is 3. The third-order valence-corrected chi connectivity index (χ3v) is 3.85. The van der Waals surface area contributed by atoms with Crippen molar-refractivity contribution >= 4 is 11.7 Å². The van der Waals surface area contributed by atoms with E-state index in [1.165, 1.54) is 0 Å². The van der Waals surface area contributed by atoms with Gasteiger partial charge in [-0.1, -0.05) is 0 Å². The van der Waals surface area contributed by atoms with Gasteiger partial charge in [0.2, 0.25) is 0 Å². The molecule has 27 heavy (non-hydrogen) atoms. The zero-order valence-corrected chi connectivity index (χ0v) is 15.2. The van der Waals surface area contributed by atoms with E-state index in [4.69, 9.17) is 9.47 Å². The number of urea groups is 1. The Morgan fingerprint density at radius 2 is 1.78 bits per heavy atom. The number of pyridine rings is 1. The summed E-state index contributed by atoms with van der Waals surface area (Å²) < 4.78 is 12.2. The first-order chi connectivity index (χ1) is 13.2. The molecule has 8 heteroatoms. The summed E-state index contributed by atoms with van der Waals surface area (Å²) in [5.74, 6) is 1.20. The first-order valence-electron chi connectivity index (χ1n) is 8.39. The second kappa shape index (κ2) is 8.70. The lowest BCUT2D eigenvalue weighted by Gasteiger charge is -2.11. The minimum atomic E-state index is -0.313. The molecule has 2 heterocycles. The Morgan fingerprint density at radius 3 is 2.44 bits per heavy atom. The van der Waals surface area contributed by atoms with Crippen LogP contribution in [0.1, 0.15) is 0 Å². The van der Waals surface area contributed by atoms with Crippen molar-refractivity contribution in [1.82, 2.24) is 20.1 Å². The van der Waals surface area contributed by atoms with Crippen LogP contribution in [-0.4, -0.2) is 41.6 Å². The van der Waals surface area contributed by atoms with Crippen molar-refractivity contribution in [3.8, 4) is 22.8 Å². The molecule has 0 fully saturated rings. The number of amides is 2. The second-order valence-electron chi connectivity index (χ2n) is 5.68. The molecule has 0 aliphatic rings. The molecule has 0 saturated carbocycles. The SMILES string of the molecule is COc1cc(NC(=O)NCCn2ccc(-c3ccncc3)n2)cc(OC)c1. The zero-order chi connectivity index (χ0) is 19.1. The average Bonchev–Trinajstić information content (AvgIpc) is 3.17. The van der Waals surface area contributed by atoms with E-state index in [0.29, 0.717) is 30.3 Å². The van der Waals surface area contributed by atoms with Crippen LogP contribution in [0.3, 0.4) is 0 Å². The summed E-state index contributed by atoms with van der Waals surface area (Å²) in [5.41, 5.74) is 2.45. The molecule has 2 N–H and O–H groups in total. The van der Waals surface area contributed by atoms with Gasteiger partial charge in [0.15, 0.2) is 0 Å². The van der Waals surface area contributed by atoms with Crippen molar-refractivity contribution in [2.45, 2.75) is 6.54 Å². The summed E-state index contributed by atoms with van der Waals surface area (Å²) in [6.07, 6.45) is 5.34. The van der Waals surface area contributed by atoms with Gasteiger partial charge in [0.05, 0.1) is 26.5 Å². The van der Waals surface area contributed by atoms with Gasteiger partial charge in [-0.25, -0.2) is 4.79 Å². The third-order valence-electron chi connectivity index (χ3n) is 3.85. The highest BCUT2D eigenvalue weighted by Crippen LogP contribution is 2.25. The molecule has 0 saturated heterocycles. The van der Waals surface area contributed by atoms with Crippen LogP contribution in [0.5, 0.6) is 11.5 Å². The molecule has 0 aliphatic heterocycles. The van der Waals surface area contributed by atoms with Crippen molar-refractivity contribution in [3.05, 3.63) is 55.0 Å². The minimum Gasteiger partial charge on any atom is -0.497 e. The van der Waals surface area contributed by atoms with Crippen LogP contribution in [0.4, 0.5) is 10.5 Å². The summed E-state index contributed by atoms with van der Waals surface area (Å²) in [6.45, 7) is 0.990. The number of hydrogen-bond donors (Lipinski definition) is 2. The number of anilines is 1. The number of hydrogen-bond acceptors (Lipinski definition) is 5. The van der Waals surface area contributed by atoms with Gasteiger partial charge in [0.25, 0.3) is 0 Å². The monoisotopic (exact) mass is 367 g/mol. The van der Waals surface area contributed by atoms with Crippen molar-refractivity contribution in [3.63, 3.8) is 0 Å². The van der Waals surface area contributed by atoms with E-state index in [1.807, 2.05) is 24.4 Å². The molecular weight excluding hydrogens is 346 g/mol. The number of methoxy groups -OCH3 is 2. The molecule has 3 aromatic rings. The van der Waals surface area contributed by atoms with E-state index in [2.05, 4.69) is 20.7 Å². The molecule has 140 valence electrons. The number of nitrogens with one attached hydrogen (secondary N) is 2. The van der Waals surface area contributed by atoms with E-state index in [1.54, 1.807) is 49.5 Å². The highest BCUT2D eigenvalue weighted by Gasteiger charge is 2.06. The summed E-state index contributed by atoms with van der Waals surface area (Å²) in [7, 11) is 3.12. The quantitative estimate of drug-likeness (QED) is 0.670. The van der Waals surface area contributed by atoms with Gasteiger partial charge in [-0.2, -0.15) is 5.10 Å². The van der Waals surface area contributed by atoms with Crippen LogP contribution >= 0.6 is 0 Å². The number of carbonyl (C=O) groups is 1. The van der Waals surface area contributed by atoms with Crippen LogP contribution in [0.15, 0.2) is 55.0 Å². The Labute approximate surface area is 157 Å². The summed E-state index contributed by atoms with van der Waals surface area (Å²) in [4.78, 5) is 16.1. The molecule has 8 nitrogen and oxygen atoms in total. The third kappa shape index (κ3) is 4.97. The van der Waals surface area contributed by atoms with Gasteiger partial charge in [-0.05, 0) is 18.2 Å². The Morgan fingerprint density at radius 1 is 1.07 bits per heavy atom. The number of benzene rings is 1. The first-order valence-corrected chi connectivity index (χ1v) is 8.39. The fourth-order valence-electron chi connectivity index (χ4n) is 2.50. The summed E-state index contributed by atoms with van der Waals surface area (Å²) in [5, 5.41) is 10.1.